The van der Waals surface area contributed by atoms with E-state index in [1.54, 1.807) is 18.2 Å². The largest absolute Gasteiger partial charge is 0.454 e. The van der Waals surface area contributed by atoms with Gasteiger partial charge in [0.05, 0.1) is 6.54 Å². The smallest absolute Gasteiger partial charge is 0.325 e. The minimum Gasteiger partial charge on any atom is -0.454 e. The highest BCUT2D eigenvalue weighted by molar-refractivity contribution is 6.04. The molecule has 2 aliphatic heterocycles. The third-order valence-corrected chi connectivity index (χ3v) is 5.94. The molecule has 3 heterocycles. The van der Waals surface area contributed by atoms with Crippen LogP contribution in [0.3, 0.4) is 0 Å². The highest BCUT2D eigenvalue weighted by Gasteiger charge is 2.38. The Morgan fingerprint density at radius 1 is 1.12 bits per heavy atom. The zero-order valence-corrected chi connectivity index (χ0v) is 17.9. The maximum Gasteiger partial charge on any atom is 0.325 e. The first-order chi connectivity index (χ1) is 16.1. The second-order valence-corrected chi connectivity index (χ2v) is 8.11. The van der Waals surface area contributed by atoms with Crippen LogP contribution in [0.5, 0.6) is 11.5 Å². The molecule has 9 heteroatoms. The molecule has 33 heavy (non-hydrogen) atoms. The summed E-state index contributed by atoms with van der Waals surface area (Å²) in [5.41, 5.74) is 2.97. The van der Waals surface area contributed by atoms with Crippen LogP contribution in [0.15, 0.2) is 48.7 Å². The fraction of sp³-hybridized carbons (Fsp3) is 0.292. The van der Waals surface area contributed by atoms with Gasteiger partial charge in [0.15, 0.2) is 11.5 Å². The van der Waals surface area contributed by atoms with E-state index in [9.17, 15) is 14.4 Å². The van der Waals surface area contributed by atoms with Gasteiger partial charge in [0.25, 0.3) is 5.91 Å². The Morgan fingerprint density at radius 3 is 2.88 bits per heavy atom. The number of nitrogens with one attached hydrogen (secondary N) is 3. The van der Waals surface area contributed by atoms with Crippen molar-refractivity contribution in [2.75, 3.05) is 13.3 Å². The van der Waals surface area contributed by atoms with E-state index in [2.05, 4.69) is 15.6 Å². The number of hydrogen-bond acceptors (Lipinski definition) is 5. The minimum atomic E-state index is -0.703. The minimum absolute atomic E-state index is 0.134. The summed E-state index contributed by atoms with van der Waals surface area (Å²) < 4.78 is 10.6. The topological polar surface area (TPSA) is 113 Å². The van der Waals surface area contributed by atoms with Crippen molar-refractivity contribution in [1.29, 1.82) is 0 Å². The monoisotopic (exact) mass is 448 g/mol. The van der Waals surface area contributed by atoms with Crippen LogP contribution < -0.4 is 20.1 Å². The van der Waals surface area contributed by atoms with E-state index in [-0.39, 0.29) is 38.0 Å². The number of rotatable bonds is 8. The van der Waals surface area contributed by atoms with Crippen molar-refractivity contribution in [2.24, 2.45) is 0 Å². The van der Waals surface area contributed by atoms with Crippen molar-refractivity contribution < 1.29 is 23.9 Å². The van der Waals surface area contributed by atoms with Crippen LogP contribution in [-0.4, -0.2) is 47.1 Å². The lowest BCUT2D eigenvalue weighted by molar-refractivity contribution is -0.128. The van der Waals surface area contributed by atoms with Crippen molar-refractivity contribution in [3.05, 3.63) is 59.8 Å². The van der Waals surface area contributed by atoms with Gasteiger partial charge in [0.2, 0.25) is 12.7 Å². The number of H-pyrrole nitrogens is 1. The number of fused-ring (bicyclic) bond motifs is 2. The van der Waals surface area contributed by atoms with E-state index in [0.717, 1.165) is 26.9 Å². The molecule has 0 radical (unpaired) electrons. The number of carbonyl (C=O) groups excluding carboxylic acids is 3. The van der Waals surface area contributed by atoms with Crippen molar-refractivity contribution in [3.8, 4) is 11.5 Å². The van der Waals surface area contributed by atoms with E-state index in [0.29, 0.717) is 24.5 Å². The third-order valence-electron chi connectivity index (χ3n) is 5.94. The average molecular weight is 448 g/mol. The number of aromatic nitrogens is 1. The van der Waals surface area contributed by atoms with Crippen LogP contribution in [-0.2, 0) is 22.6 Å². The predicted molar refractivity (Wildman–Crippen MR) is 120 cm³/mol. The predicted octanol–water partition coefficient (Wildman–Crippen LogP) is 2.46. The van der Waals surface area contributed by atoms with Crippen LogP contribution in [0.25, 0.3) is 10.9 Å². The summed E-state index contributed by atoms with van der Waals surface area (Å²) in [5, 5.41) is 6.72. The van der Waals surface area contributed by atoms with E-state index in [4.69, 9.17) is 9.47 Å². The number of carbonyl (C=O) groups is 3. The Hall–Kier alpha value is -4.01. The number of hydrogen-bond donors (Lipinski definition) is 3. The molecule has 1 aromatic heterocycles. The molecular formula is C24H24N4O5. The normalized spacial score (nSPS) is 17.0. The molecule has 3 aromatic rings. The van der Waals surface area contributed by atoms with Crippen molar-refractivity contribution in [3.63, 3.8) is 0 Å². The Kier molecular flexibility index (Phi) is 5.60. The Bertz CT molecular complexity index is 1220. The van der Waals surface area contributed by atoms with Crippen molar-refractivity contribution in [1.82, 2.24) is 20.5 Å². The second kappa shape index (κ2) is 8.85. The summed E-state index contributed by atoms with van der Waals surface area (Å²) in [4.78, 5) is 41.7. The van der Waals surface area contributed by atoms with Gasteiger partial charge in [0.1, 0.15) is 6.04 Å². The Labute approximate surface area is 190 Å². The summed E-state index contributed by atoms with van der Waals surface area (Å²) in [6.45, 7) is 0.796. The first-order valence-electron chi connectivity index (χ1n) is 10.9. The molecule has 1 fully saturated rings. The molecular weight excluding hydrogens is 424 g/mol. The zero-order chi connectivity index (χ0) is 22.8. The Morgan fingerprint density at radius 2 is 1.97 bits per heavy atom. The van der Waals surface area contributed by atoms with Crippen LogP contribution in [0.1, 0.15) is 24.0 Å². The number of aromatic amines is 1. The third kappa shape index (κ3) is 4.34. The molecule has 0 aliphatic carbocycles. The number of urea groups is 1. The van der Waals surface area contributed by atoms with Gasteiger partial charge in [0, 0.05) is 30.1 Å². The lowest BCUT2D eigenvalue weighted by Crippen LogP contribution is -2.33. The van der Waals surface area contributed by atoms with Gasteiger partial charge >= 0.3 is 6.03 Å². The van der Waals surface area contributed by atoms with Gasteiger partial charge in [-0.15, -0.1) is 0 Å². The molecule has 0 saturated carbocycles. The van der Waals surface area contributed by atoms with Gasteiger partial charge < -0.3 is 25.1 Å². The standard InChI is InChI=1S/C24H24N4O5/c29-22(25-10-9-16-12-26-18-4-2-1-3-17(16)18)8-6-19-23(30)28(24(31)27-19)13-15-5-7-20-21(11-15)33-14-32-20/h1-5,7,11-12,19,26H,6,8-10,13-14H2,(H,25,29)(H,27,31)/t19-/m1/s1. The van der Waals surface area contributed by atoms with Crippen LogP contribution >= 0.6 is 0 Å². The lowest BCUT2D eigenvalue weighted by Gasteiger charge is -2.13. The van der Waals surface area contributed by atoms with Gasteiger partial charge in [-0.2, -0.15) is 0 Å². The first kappa shape index (κ1) is 20.9. The molecule has 170 valence electrons. The molecule has 1 saturated heterocycles. The summed E-state index contributed by atoms with van der Waals surface area (Å²) in [6, 6.07) is 12.2. The van der Waals surface area contributed by atoms with E-state index >= 15 is 0 Å². The van der Waals surface area contributed by atoms with Gasteiger partial charge in [-0.05, 0) is 42.2 Å². The van der Waals surface area contributed by atoms with Crippen LogP contribution in [0, 0.1) is 0 Å². The fourth-order valence-electron chi connectivity index (χ4n) is 4.18. The zero-order valence-electron chi connectivity index (χ0n) is 17.9. The number of para-hydroxylation sites is 1. The maximum atomic E-state index is 12.7. The molecule has 0 bridgehead atoms. The average Bonchev–Trinajstić information content (AvgIpc) is 3.52. The molecule has 0 spiro atoms. The number of benzene rings is 2. The van der Waals surface area contributed by atoms with E-state index in [1.165, 1.54) is 0 Å². The molecule has 3 N–H and O–H groups in total. The van der Waals surface area contributed by atoms with Crippen LogP contribution in [0.4, 0.5) is 4.79 Å². The van der Waals surface area contributed by atoms with Crippen molar-refractivity contribution >= 4 is 28.7 Å². The number of amides is 4. The summed E-state index contributed by atoms with van der Waals surface area (Å²) >= 11 is 0. The molecule has 2 aliphatic rings. The highest BCUT2D eigenvalue weighted by atomic mass is 16.7. The molecule has 2 aromatic carbocycles. The summed E-state index contributed by atoms with van der Waals surface area (Å²) in [6.07, 6.45) is 3.07. The van der Waals surface area contributed by atoms with E-state index in [1.807, 2.05) is 30.5 Å². The maximum absolute atomic E-state index is 12.7. The number of ether oxygens (including phenoxy) is 2. The lowest BCUT2D eigenvalue weighted by atomic mass is 10.1. The fourth-order valence-corrected chi connectivity index (χ4v) is 4.18. The summed E-state index contributed by atoms with van der Waals surface area (Å²) in [7, 11) is 0. The van der Waals surface area contributed by atoms with E-state index < -0.39 is 12.1 Å². The molecule has 9 nitrogen and oxygen atoms in total. The number of imide groups is 1. The van der Waals surface area contributed by atoms with Gasteiger partial charge in [-0.25, -0.2) is 4.79 Å². The molecule has 0 unspecified atom stereocenters. The summed E-state index contributed by atoms with van der Waals surface area (Å²) in [5.74, 6) is 0.764. The highest BCUT2D eigenvalue weighted by Crippen LogP contribution is 2.33. The molecule has 1 atom stereocenters. The quantitative estimate of drug-likeness (QED) is 0.458. The van der Waals surface area contributed by atoms with Crippen molar-refractivity contribution in [2.45, 2.75) is 31.8 Å². The molecule has 5 rings (SSSR count). The SMILES string of the molecule is O=C(CC[C@H]1NC(=O)N(Cc2ccc3c(c2)OCO3)C1=O)NCCc1c[nH]c2ccccc12. The van der Waals surface area contributed by atoms with Gasteiger partial charge in [-0.1, -0.05) is 24.3 Å². The first-order valence-corrected chi connectivity index (χ1v) is 10.9. The van der Waals surface area contributed by atoms with Crippen LogP contribution in [0.2, 0.25) is 0 Å². The molecule has 4 amide bonds. The van der Waals surface area contributed by atoms with Gasteiger partial charge in [-0.3, -0.25) is 14.5 Å². The second-order valence-electron chi connectivity index (χ2n) is 8.11. The Balaban J connectivity index is 1.09. The number of nitrogens with zero attached hydrogens (tertiary/aromatic N) is 1.